The zero-order chi connectivity index (χ0) is 13.3. The van der Waals surface area contributed by atoms with Crippen molar-refractivity contribution >= 4 is 11.9 Å². The summed E-state index contributed by atoms with van der Waals surface area (Å²) in [4.78, 5) is 25.2. The number of carboxylic acid groups (broad SMARTS) is 1. The van der Waals surface area contributed by atoms with E-state index in [0.29, 0.717) is 0 Å². The van der Waals surface area contributed by atoms with Gasteiger partial charge >= 0.3 is 5.97 Å². The predicted molar refractivity (Wildman–Crippen MR) is 67.2 cm³/mol. The van der Waals surface area contributed by atoms with E-state index in [1.165, 1.54) is 12.8 Å². The molecule has 1 amide bonds. The molecule has 2 aliphatic rings. The molecule has 102 valence electrons. The van der Waals surface area contributed by atoms with Crippen LogP contribution in [0.2, 0.25) is 0 Å². The molecule has 1 aliphatic heterocycles. The summed E-state index contributed by atoms with van der Waals surface area (Å²) in [5, 5.41) is 11.9. The van der Waals surface area contributed by atoms with E-state index in [-0.39, 0.29) is 18.4 Å². The maximum Gasteiger partial charge on any atom is 0.309 e. The summed E-state index contributed by atoms with van der Waals surface area (Å²) >= 11 is 0. The highest BCUT2D eigenvalue weighted by Crippen LogP contribution is 2.30. The summed E-state index contributed by atoms with van der Waals surface area (Å²) in [5.74, 6) is -1.08. The third-order valence-corrected chi connectivity index (χ3v) is 3.83. The first-order valence-electron chi connectivity index (χ1n) is 6.65. The molecule has 1 saturated heterocycles. The van der Waals surface area contributed by atoms with Crippen LogP contribution in [-0.4, -0.2) is 47.1 Å². The SMILES string of the molecule is CC(C)(CC(=O)NC1CCN(C2CC2)C1)C(=O)O. The average molecular weight is 254 g/mol. The molecule has 1 aliphatic carbocycles. The Balaban J connectivity index is 1.76. The minimum absolute atomic E-state index is 0.0439. The molecule has 2 fully saturated rings. The van der Waals surface area contributed by atoms with Crippen LogP contribution in [-0.2, 0) is 9.59 Å². The van der Waals surface area contributed by atoms with Gasteiger partial charge in [-0.1, -0.05) is 0 Å². The van der Waals surface area contributed by atoms with Crippen LogP contribution < -0.4 is 5.32 Å². The summed E-state index contributed by atoms with van der Waals surface area (Å²) in [6.07, 6.45) is 3.59. The quantitative estimate of drug-likeness (QED) is 0.763. The second kappa shape index (κ2) is 4.88. The molecular weight excluding hydrogens is 232 g/mol. The third-order valence-electron chi connectivity index (χ3n) is 3.83. The molecule has 5 nitrogen and oxygen atoms in total. The number of hydrogen-bond acceptors (Lipinski definition) is 3. The summed E-state index contributed by atoms with van der Waals surface area (Å²) in [7, 11) is 0. The summed E-state index contributed by atoms with van der Waals surface area (Å²) in [6, 6.07) is 0.935. The van der Waals surface area contributed by atoms with Crippen molar-refractivity contribution in [3.63, 3.8) is 0 Å². The molecule has 1 heterocycles. The van der Waals surface area contributed by atoms with Gasteiger partial charge < -0.3 is 10.4 Å². The largest absolute Gasteiger partial charge is 0.481 e. The minimum atomic E-state index is -0.987. The van der Waals surface area contributed by atoms with Gasteiger partial charge in [-0.25, -0.2) is 0 Å². The molecule has 2 N–H and O–H groups in total. The molecule has 0 spiro atoms. The summed E-state index contributed by atoms with van der Waals surface area (Å²) < 4.78 is 0. The van der Waals surface area contributed by atoms with Crippen LogP contribution in [0.4, 0.5) is 0 Å². The number of nitrogens with one attached hydrogen (secondary N) is 1. The molecule has 5 heteroatoms. The Bertz CT molecular complexity index is 350. The average Bonchev–Trinajstić information content (AvgIpc) is 2.99. The van der Waals surface area contributed by atoms with E-state index >= 15 is 0 Å². The number of rotatable bonds is 5. The topological polar surface area (TPSA) is 69.6 Å². The van der Waals surface area contributed by atoms with Gasteiger partial charge in [0, 0.05) is 31.6 Å². The first-order valence-corrected chi connectivity index (χ1v) is 6.65. The number of hydrogen-bond donors (Lipinski definition) is 2. The fourth-order valence-corrected chi connectivity index (χ4v) is 2.43. The number of carbonyl (C=O) groups excluding carboxylic acids is 1. The lowest BCUT2D eigenvalue weighted by Gasteiger charge is -2.20. The summed E-state index contributed by atoms with van der Waals surface area (Å²) in [6.45, 7) is 5.14. The maximum atomic E-state index is 11.8. The van der Waals surface area contributed by atoms with Crippen LogP contribution in [0.3, 0.4) is 0 Å². The first-order chi connectivity index (χ1) is 8.38. The van der Waals surface area contributed by atoms with E-state index in [1.807, 2.05) is 0 Å². The number of nitrogens with zero attached hydrogens (tertiary/aromatic N) is 1. The van der Waals surface area contributed by atoms with Gasteiger partial charge in [-0.05, 0) is 33.1 Å². The van der Waals surface area contributed by atoms with Crippen molar-refractivity contribution in [2.24, 2.45) is 5.41 Å². The van der Waals surface area contributed by atoms with Gasteiger partial charge in [0.1, 0.15) is 0 Å². The van der Waals surface area contributed by atoms with Crippen molar-refractivity contribution in [1.82, 2.24) is 10.2 Å². The summed E-state index contributed by atoms with van der Waals surface area (Å²) in [5.41, 5.74) is -0.987. The second-order valence-electron chi connectivity index (χ2n) is 6.15. The van der Waals surface area contributed by atoms with Crippen molar-refractivity contribution in [3.05, 3.63) is 0 Å². The minimum Gasteiger partial charge on any atom is -0.481 e. The Hall–Kier alpha value is -1.10. The number of likely N-dealkylation sites (tertiary alicyclic amines) is 1. The van der Waals surface area contributed by atoms with Crippen LogP contribution in [0.1, 0.15) is 39.5 Å². The van der Waals surface area contributed by atoms with Crippen LogP contribution in [0.25, 0.3) is 0 Å². The highest BCUT2D eigenvalue weighted by atomic mass is 16.4. The fraction of sp³-hybridized carbons (Fsp3) is 0.846. The fourth-order valence-electron chi connectivity index (χ4n) is 2.43. The smallest absolute Gasteiger partial charge is 0.309 e. The second-order valence-corrected chi connectivity index (χ2v) is 6.15. The molecule has 0 radical (unpaired) electrons. The van der Waals surface area contributed by atoms with Gasteiger partial charge in [0.15, 0.2) is 0 Å². The van der Waals surface area contributed by atoms with E-state index in [4.69, 9.17) is 5.11 Å². The highest BCUT2D eigenvalue weighted by Gasteiger charge is 2.36. The number of aliphatic carboxylic acids is 1. The van der Waals surface area contributed by atoms with Crippen LogP contribution >= 0.6 is 0 Å². The molecule has 0 aromatic carbocycles. The van der Waals surface area contributed by atoms with Crippen LogP contribution in [0.5, 0.6) is 0 Å². The van der Waals surface area contributed by atoms with Gasteiger partial charge in [0.2, 0.25) is 5.91 Å². The molecule has 0 aromatic rings. The van der Waals surface area contributed by atoms with Crippen molar-refractivity contribution < 1.29 is 14.7 Å². The van der Waals surface area contributed by atoms with E-state index in [0.717, 1.165) is 25.6 Å². The first kappa shape index (κ1) is 13.3. The number of carboxylic acids is 1. The van der Waals surface area contributed by atoms with E-state index < -0.39 is 11.4 Å². The normalized spacial score (nSPS) is 25.1. The van der Waals surface area contributed by atoms with E-state index in [1.54, 1.807) is 13.8 Å². The number of carbonyl (C=O) groups is 2. The Morgan fingerprint density at radius 1 is 1.33 bits per heavy atom. The van der Waals surface area contributed by atoms with Gasteiger partial charge in [-0.15, -0.1) is 0 Å². The van der Waals surface area contributed by atoms with Crippen molar-refractivity contribution in [2.45, 2.75) is 51.6 Å². The Morgan fingerprint density at radius 3 is 2.56 bits per heavy atom. The van der Waals surface area contributed by atoms with Crippen molar-refractivity contribution in [2.75, 3.05) is 13.1 Å². The predicted octanol–water partition coefficient (Wildman–Crippen LogP) is 0.840. The Labute approximate surface area is 108 Å². The molecule has 1 unspecified atom stereocenters. The van der Waals surface area contributed by atoms with E-state index in [9.17, 15) is 9.59 Å². The molecule has 0 bridgehead atoms. The molecule has 1 atom stereocenters. The monoisotopic (exact) mass is 254 g/mol. The van der Waals surface area contributed by atoms with Crippen molar-refractivity contribution in [3.8, 4) is 0 Å². The zero-order valence-corrected chi connectivity index (χ0v) is 11.1. The van der Waals surface area contributed by atoms with Crippen molar-refractivity contribution in [1.29, 1.82) is 0 Å². The van der Waals surface area contributed by atoms with Gasteiger partial charge in [0.05, 0.1) is 5.41 Å². The zero-order valence-electron chi connectivity index (χ0n) is 11.1. The third kappa shape index (κ3) is 3.22. The van der Waals surface area contributed by atoms with Gasteiger partial charge in [-0.2, -0.15) is 0 Å². The standard InChI is InChI=1S/C13H22N2O3/c1-13(2,12(17)18)7-11(16)14-9-5-6-15(8-9)10-3-4-10/h9-10H,3-8H2,1-2H3,(H,14,16)(H,17,18). The van der Waals surface area contributed by atoms with Gasteiger partial charge in [0.25, 0.3) is 0 Å². The van der Waals surface area contributed by atoms with Crippen LogP contribution in [0.15, 0.2) is 0 Å². The lowest BCUT2D eigenvalue weighted by Crippen LogP contribution is -2.40. The lowest BCUT2D eigenvalue weighted by molar-refractivity contribution is -0.149. The molecule has 18 heavy (non-hydrogen) atoms. The Morgan fingerprint density at radius 2 is 2.00 bits per heavy atom. The molecule has 1 saturated carbocycles. The molecular formula is C13H22N2O3. The molecule has 2 rings (SSSR count). The van der Waals surface area contributed by atoms with Crippen LogP contribution in [0, 0.1) is 5.41 Å². The maximum absolute atomic E-state index is 11.8. The van der Waals surface area contributed by atoms with Gasteiger partial charge in [-0.3, -0.25) is 14.5 Å². The molecule has 0 aromatic heterocycles. The lowest BCUT2D eigenvalue weighted by atomic mass is 9.89. The van der Waals surface area contributed by atoms with E-state index in [2.05, 4.69) is 10.2 Å². The Kier molecular flexibility index (Phi) is 3.61. The highest BCUT2D eigenvalue weighted by molar-refractivity contribution is 5.84. The number of amides is 1.